The first-order valence-electron chi connectivity index (χ1n) is 14.2. The fourth-order valence-corrected chi connectivity index (χ4v) is 5.88. The predicted molar refractivity (Wildman–Crippen MR) is 150 cm³/mol. The second-order valence-corrected chi connectivity index (χ2v) is 10.9. The van der Waals surface area contributed by atoms with Gasteiger partial charge in [0.1, 0.15) is 17.8 Å². The van der Waals surface area contributed by atoms with Crippen LogP contribution in [0.3, 0.4) is 0 Å². The maximum atomic E-state index is 15.4. The highest BCUT2D eigenvalue weighted by Crippen LogP contribution is 2.31. The molecule has 214 valence electrons. The van der Waals surface area contributed by atoms with Gasteiger partial charge in [-0.1, -0.05) is 13.0 Å². The maximum Gasteiger partial charge on any atom is 0.254 e. The van der Waals surface area contributed by atoms with Crippen molar-refractivity contribution in [3.05, 3.63) is 77.1 Å². The number of β-amino-alcohol motifs (C(OH)–C–C–N with tert-alkyl or cyclic N) is 1. The number of nitrogens with zero attached hydrogens (tertiary/aromatic N) is 7. The number of aliphatic hydroxyl groups is 1. The number of aromatic nitrogens is 5. The quantitative estimate of drug-likeness (QED) is 0.379. The molecule has 0 spiro atoms. The van der Waals surface area contributed by atoms with Crippen LogP contribution in [0.2, 0.25) is 0 Å². The highest BCUT2D eigenvalue weighted by molar-refractivity contribution is 5.94. The Kier molecular flexibility index (Phi) is 7.61. The van der Waals surface area contributed by atoms with E-state index in [4.69, 9.17) is 0 Å². The Hall–Kier alpha value is -3.99. The third kappa shape index (κ3) is 5.50. The van der Waals surface area contributed by atoms with Gasteiger partial charge in [0.25, 0.3) is 5.91 Å². The van der Waals surface area contributed by atoms with Crippen molar-refractivity contribution in [3.8, 4) is 0 Å². The Labute approximate surface area is 236 Å². The average molecular weight is 562 g/mol. The van der Waals surface area contributed by atoms with Crippen LogP contribution in [0.15, 0.2) is 43.1 Å². The van der Waals surface area contributed by atoms with Crippen LogP contribution in [-0.2, 0) is 12.8 Å². The zero-order valence-corrected chi connectivity index (χ0v) is 23.0. The number of carbonyl (C=O) groups is 1. The molecule has 5 heterocycles. The van der Waals surface area contributed by atoms with E-state index in [9.17, 15) is 9.90 Å². The number of fused-ring (bicyclic) bond motifs is 1. The highest BCUT2D eigenvalue weighted by Gasteiger charge is 2.27. The molecule has 0 aliphatic carbocycles. The third-order valence-electron chi connectivity index (χ3n) is 8.22. The summed E-state index contributed by atoms with van der Waals surface area (Å²) in [7, 11) is 0. The first-order valence-corrected chi connectivity index (χ1v) is 14.2. The van der Waals surface area contributed by atoms with Crippen molar-refractivity contribution < 1.29 is 18.7 Å². The molecule has 1 atom stereocenters. The summed E-state index contributed by atoms with van der Waals surface area (Å²) < 4.78 is 32.4. The van der Waals surface area contributed by atoms with Gasteiger partial charge in [0, 0.05) is 62.8 Å². The lowest BCUT2D eigenvalue weighted by Crippen LogP contribution is -2.42. The van der Waals surface area contributed by atoms with Gasteiger partial charge >= 0.3 is 0 Å². The van der Waals surface area contributed by atoms with Crippen LogP contribution >= 0.6 is 0 Å². The Morgan fingerprint density at radius 1 is 1.02 bits per heavy atom. The maximum absolute atomic E-state index is 15.4. The molecule has 0 saturated carbocycles. The van der Waals surface area contributed by atoms with Crippen LogP contribution in [0.1, 0.15) is 65.8 Å². The molecule has 0 unspecified atom stereocenters. The van der Waals surface area contributed by atoms with Crippen LogP contribution < -0.4 is 4.90 Å². The molecule has 0 radical (unpaired) electrons. The first kappa shape index (κ1) is 27.2. The molecule has 11 heteroatoms. The van der Waals surface area contributed by atoms with Crippen molar-refractivity contribution >= 4 is 22.9 Å². The van der Waals surface area contributed by atoms with Gasteiger partial charge in [-0.25, -0.2) is 28.7 Å². The van der Waals surface area contributed by atoms with E-state index in [1.165, 1.54) is 18.6 Å². The van der Waals surface area contributed by atoms with Gasteiger partial charge in [-0.2, -0.15) is 0 Å². The van der Waals surface area contributed by atoms with Crippen LogP contribution in [0.5, 0.6) is 0 Å². The fourth-order valence-electron chi connectivity index (χ4n) is 5.88. The molecule has 0 bridgehead atoms. The molecule has 41 heavy (non-hydrogen) atoms. The van der Waals surface area contributed by atoms with Crippen molar-refractivity contribution in [2.24, 2.45) is 0 Å². The molecule has 1 amide bonds. The number of likely N-dealkylation sites (tertiary alicyclic amines) is 1. The van der Waals surface area contributed by atoms with E-state index in [1.54, 1.807) is 17.0 Å². The lowest BCUT2D eigenvalue weighted by molar-refractivity contribution is 0.0473. The van der Waals surface area contributed by atoms with Crippen LogP contribution in [0.4, 0.5) is 14.7 Å². The number of amides is 1. The van der Waals surface area contributed by atoms with Crippen molar-refractivity contribution in [1.29, 1.82) is 0 Å². The Morgan fingerprint density at radius 2 is 1.80 bits per heavy atom. The zero-order valence-electron chi connectivity index (χ0n) is 23.0. The summed E-state index contributed by atoms with van der Waals surface area (Å²) in [6.07, 6.45) is 9.90. The molecule has 3 aromatic heterocycles. The van der Waals surface area contributed by atoms with E-state index < -0.39 is 17.7 Å². The average Bonchev–Trinajstić information content (AvgIpc) is 3.35. The van der Waals surface area contributed by atoms with Gasteiger partial charge in [-0.15, -0.1) is 0 Å². The van der Waals surface area contributed by atoms with Crippen LogP contribution in [0.25, 0.3) is 11.0 Å². The van der Waals surface area contributed by atoms with E-state index in [0.29, 0.717) is 42.2 Å². The van der Waals surface area contributed by atoms with E-state index in [2.05, 4.69) is 31.8 Å². The smallest absolute Gasteiger partial charge is 0.254 e. The number of hydrogen-bond acceptors (Lipinski definition) is 7. The van der Waals surface area contributed by atoms with Crippen molar-refractivity contribution in [2.45, 2.75) is 57.6 Å². The number of carbonyl (C=O) groups excluding carboxylic acids is 1. The summed E-state index contributed by atoms with van der Waals surface area (Å²) in [5, 5.41) is 10.2. The summed E-state index contributed by atoms with van der Waals surface area (Å²) >= 11 is 0. The van der Waals surface area contributed by atoms with E-state index in [0.717, 1.165) is 37.9 Å². The van der Waals surface area contributed by atoms with Crippen molar-refractivity contribution in [3.63, 3.8) is 0 Å². The van der Waals surface area contributed by atoms with E-state index in [-0.39, 0.29) is 35.9 Å². The monoisotopic (exact) mass is 561 g/mol. The van der Waals surface area contributed by atoms with Crippen LogP contribution in [-0.4, -0.2) is 72.7 Å². The minimum Gasteiger partial charge on any atom is -0.391 e. The largest absolute Gasteiger partial charge is 0.391 e. The molecule has 2 aliphatic rings. The number of halogens is 2. The van der Waals surface area contributed by atoms with E-state index in [1.807, 2.05) is 17.0 Å². The molecule has 9 nitrogen and oxygen atoms in total. The van der Waals surface area contributed by atoms with Gasteiger partial charge in [-0.05, 0) is 55.4 Å². The standard InChI is InChI=1S/C30H33F2N7O2/c1-2-19-14-33-30(34-15-19)37-10-7-22(8-11-37)39-17-25(32)27-26(35-18-36-28(27)39)13-20-5-6-21(12-24(20)31)29(41)38-9-3-4-23(40)16-38/h5-6,12,14-15,17-18,22-23,40H,2-4,7-11,13,16H2,1H3/t23-/m0/s1. The molecular formula is C30H33F2N7O2. The summed E-state index contributed by atoms with van der Waals surface area (Å²) in [5.74, 6) is -0.594. The van der Waals surface area contributed by atoms with Gasteiger partial charge in [0.2, 0.25) is 5.95 Å². The Balaban J connectivity index is 1.18. The molecule has 4 aromatic rings. The summed E-state index contributed by atoms with van der Waals surface area (Å²) in [5.41, 5.74) is 2.52. The number of rotatable bonds is 6. The summed E-state index contributed by atoms with van der Waals surface area (Å²) in [4.78, 5) is 34.2. The van der Waals surface area contributed by atoms with Gasteiger partial charge < -0.3 is 19.5 Å². The number of aryl methyl sites for hydroxylation is 1. The Bertz CT molecular complexity index is 1550. The zero-order chi connectivity index (χ0) is 28.5. The number of benzene rings is 1. The normalized spacial score (nSPS) is 18.3. The molecule has 6 rings (SSSR count). The topological polar surface area (TPSA) is 100 Å². The van der Waals surface area contributed by atoms with Gasteiger partial charge in [-0.3, -0.25) is 4.79 Å². The number of hydrogen-bond donors (Lipinski definition) is 1. The fraction of sp³-hybridized carbons (Fsp3) is 0.433. The first-order chi connectivity index (χ1) is 19.9. The molecule has 1 N–H and O–H groups in total. The third-order valence-corrected chi connectivity index (χ3v) is 8.22. The minimum atomic E-state index is -0.557. The molecule has 2 saturated heterocycles. The lowest BCUT2D eigenvalue weighted by atomic mass is 10.0. The highest BCUT2D eigenvalue weighted by atomic mass is 19.1. The SMILES string of the molecule is CCc1cnc(N2CCC(n3cc(F)c4c(Cc5ccc(C(=O)N6CCC[C@H](O)C6)cc5F)ncnc43)CC2)nc1. The second kappa shape index (κ2) is 11.5. The molecule has 2 fully saturated rings. The molecule has 2 aliphatic heterocycles. The number of aliphatic hydroxyl groups excluding tert-OH is 1. The number of piperidine rings is 2. The van der Waals surface area contributed by atoms with Gasteiger partial charge in [0.05, 0.1) is 17.2 Å². The number of anilines is 1. The molecule has 1 aromatic carbocycles. The minimum absolute atomic E-state index is 0.0475. The summed E-state index contributed by atoms with van der Waals surface area (Å²) in [6, 6.07) is 4.39. The second-order valence-electron chi connectivity index (χ2n) is 10.9. The predicted octanol–water partition coefficient (Wildman–Crippen LogP) is 4.09. The van der Waals surface area contributed by atoms with Crippen LogP contribution in [0, 0.1) is 11.6 Å². The van der Waals surface area contributed by atoms with Crippen molar-refractivity contribution in [1.82, 2.24) is 29.4 Å². The van der Waals surface area contributed by atoms with Gasteiger partial charge in [0.15, 0.2) is 5.82 Å². The van der Waals surface area contributed by atoms with E-state index >= 15 is 8.78 Å². The molecular weight excluding hydrogens is 528 g/mol. The lowest BCUT2D eigenvalue weighted by Gasteiger charge is -2.32. The Morgan fingerprint density at radius 3 is 2.51 bits per heavy atom. The summed E-state index contributed by atoms with van der Waals surface area (Å²) in [6.45, 7) is 4.33. The van der Waals surface area contributed by atoms with Crippen molar-refractivity contribution in [2.75, 3.05) is 31.1 Å².